The van der Waals surface area contributed by atoms with Gasteiger partial charge in [-0.2, -0.15) is 0 Å². The molecule has 7 nitrogen and oxygen atoms in total. The van der Waals surface area contributed by atoms with Crippen LogP contribution in [-0.2, 0) is 27.5 Å². The fourth-order valence-electron chi connectivity index (χ4n) is 3.54. The molecule has 150 valence electrons. The van der Waals surface area contributed by atoms with Gasteiger partial charge in [0.1, 0.15) is 18.0 Å². The second-order valence-electron chi connectivity index (χ2n) is 7.39. The van der Waals surface area contributed by atoms with Crippen LogP contribution in [0.2, 0.25) is 0 Å². The molecule has 7 heteroatoms. The Labute approximate surface area is 166 Å². The maximum Gasteiger partial charge on any atom is 0.336 e. The lowest BCUT2D eigenvalue weighted by molar-refractivity contribution is -0.149. The highest BCUT2D eigenvalue weighted by atomic mass is 16.5. The Bertz CT molecular complexity index is 1130. The lowest BCUT2D eigenvalue weighted by Gasteiger charge is -2.15. The molecule has 0 unspecified atom stereocenters. The second-order valence-corrected chi connectivity index (χ2v) is 7.39. The van der Waals surface area contributed by atoms with Crippen LogP contribution in [0.4, 0.5) is 0 Å². The number of furan rings is 1. The fourth-order valence-corrected chi connectivity index (χ4v) is 3.54. The van der Waals surface area contributed by atoms with Crippen molar-refractivity contribution in [1.29, 1.82) is 0 Å². The number of carbonyl (C=O) groups excluding carboxylic acids is 2. The van der Waals surface area contributed by atoms with Crippen molar-refractivity contribution in [3.63, 3.8) is 0 Å². The molecule has 0 bridgehead atoms. The monoisotopic (exact) mass is 395 g/mol. The molecule has 1 aliphatic heterocycles. The highest BCUT2D eigenvalue weighted by molar-refractivity contribution is 5.87. The fraction of sp³-hybridized carbons (Fsp3) is 0.318. The molecule has 0 N–H and O–H groups in total. The van der Waals surface area contributed by atoms with Gasteiger partial charge in [-0.3, -0.25) is 9.59 Å². The van der Waals surface area contributed by atoms with E-state index in [1.807, 2.05) is 19.9 Å². The summed E-state index contributed by atoms with van der Waals surface area (Å²) in [6, 6.07) is 8.61. The summed E-state index contributed by atoms with van der Waals surface area (Å²) < 4.78 is 16.0. The minimum absolute atomic E-state index is 0.0493. The lowest BCUT2D eigenvalue weighted by Crippen LogP contribution is -2.26. The number of rotatable bonds is 5. The van der Waals surface area contributed by atoms with Crippen LogP contribution in [0.3, 0.4) is 0 Å². The number of hydrogen-bond donors (Lipinski definition) is 0. The van der Waals surface area contributed by atoms with E-state index in [4.69, 9.17) is 13.6 Å². The predicted molar refractivity (Wildman–Crippen MR) is 104 cm³/mol. The Morgan fingerprint density at radius 3 is 2.76 bits per heavy atom. The third-order valence-electron chi connectivity index (χ3n) is 5.29. The second kappa shape index (κ2) is 7.58. The zero-order valence-electron chi connectivity index (χ0n) is 16.3. The molecule has 1 amide bonds. The number of likely N-dealkylation sites (tertiary alicyclic amines) is 1. The number of aryl methyl sites for hydroxylation is 2. The van der Waals surface area contributed by atoms with Crippen LogP contribution < -0.4 is 5.63 Å². The van der Waals surface area contributed by atoms with Gasteiger partial charge in [0.05, 0.1) is 18.7 Å². The Balaban J connectivity index is 1.45. The molecule has 29 heavy (non-hydrogen) atoms. The summed E-state index contributed by atoms with van der Waals surface area (Å²) in [6.07, 6.45) is 1.65. The zero-order valence-corrected chi connectivity index (χ0v) is 16.3. The summed E-state index contributed by atoms with van der Waals surface area (Å²) >= 11 is 0. The van der Waals surface area contributed by atoms with E-state index in [1.165, 1.54) is 6.07 Å². The number of ether oxygens (including phenoxy) is 1. The number of esters is 1. The third kappa shape index (κ3) is 3.94. The molecular formula is C22H21NO6. The Morgan fingerprint density at radius 1 is 1.21 bits per heavy atom. The van der Waals surface area contributed by atoms with Crippen LogP contribution in [0.15, 0.2) is 50.2 Å². The summed E-state index contributed by atoms with van der Waals surface area (Å²) in [5.74, 6) is -0.431. The van der Waals surface area contributed by atoms with Crippen LogP contribution in [-0.4, -0.2) is 23.3 Å². The quantitative estimate of drug-likeness (QED) is 0.487. The molecular weight excluding hydrogens is 374 g/mol. The Hall–Kier alpha value is -3.35. The van der Waals surface area contributed by atoms with Crippen molar-refractivity contribution in [2.45, 2.75) is 33.4 Å². The van der Waals surface area contributed by atoms with Gasteiger partial charge in [0.2, 0.25) is 5.91 Å². The van der Waals surface area contributed by atoms with Crippen molar-refractivity contribution in [1.82, 2.24) is 4.90 Å². The molecule has 0 saturated carbocycles. The molecule has 3 heterocycles. The van der Waals surface area contributed by atoms with Gasteiger partial charge in [0.15, 0.2) is 0 Å². The summed E-state index contributed by atoms with van der Waals surface area (Å²) in [7, 11) is 0. The standard InChI is InChI=1S/C22H21NO6/c1-13-6-18-16(9-21(25)29-19(18)7-14(13)2)12-28-22(26)15-8-20(24)23(10-15)11-17-4-3-5-27-17/h3-7,9,15H,8,10-12H2,1-2H3/t15-/m1/s1. The third-order valence-corrected chi connectivity index (χ3v) is 5.29. The van der Waals surface area contributed by atoms with E-state index >= 15 is 0 Å². The molecule has 0 spiro atoms. The van der Waals surface area contributed by atoms with Crippen molar-refractivity contribution in [2.24, 2.45) is 5.92 Å². The SMILES string of the molecule is Cc1cc2oc(=O)cc(COC(=O)[C@@H]3CC(=O)N(Cc4ccco4)C3)c2cc1C. The zero-order chi connectivity index (χ0) is 20.5. The molecule has 4 rings (SSSR count). The molecule has 0 radical (unpaired) electrons. The van der Waals surface area contributed by atoms with Crippen molar-refractivity contribution in [2.75, 3.05) is 6.54 Å². The van der Waals surface area contributed by atoms with Gasteiger partial charge < -0.3 is 18.5 Å². The van der Waals surface area contributed by atoms with Crippen LogP contribution in [0, 0.1) is 19.8 Å². The van der Waals surface area contributed by atoms with E-state index in [1.54, 1.807) is 29.4 Å². The maximum atomic E-state index is 12.5. The Kier molecular flexibility index (Phi) is 4.96. The smallest absolute Gasteiger partial charge is 0.336 e. The first-order chi connectivity index (χ1) is 13.9. The van der Waals surface area contributed by atoms with Crippen LogP contribution >= 0.6 is 0 Å². The first-order valence-corrected chi connectivity index (χ1v) is 9.41. The average molecular weight is 395 g/mol. The highest BCUT2D eigenvalue weighted by Gasteiger charge is 2.35. The van der Waals surface area contributed by atoms with Gasteiger partial charge in [-0.05, 0) is 49.2 Å². The van der Waals surface area contributed by atoms with Crippen LogP contribution in [0.1, 0.15) is 28.9 Å². The molecule has 1 saturated heterocycles. The van der Waals surface area contributed by atoms with Gasteiger partial charge in [0, 0.05) is 30.0 Å². The van der Waals surface area contributed by atoms with Gasteiger partial charge >= 0.3 is 11.6 Å². The number of hydrogen-bond acceptors (Lipinski definition) is 6. The summed E-state index contributed by atoms with van der Waals surface area (Å²) in [5, 5.41) is 0.738. The number of nitrogens with zero attached hydrogens (tertiary/aromatic N) is 1. The predicted octanol–water partition coefficient (Wildman–Crippen LogP) is 3.09. The summed E-state index contributed by atoms with van der Waals surface area (Å²) in [6.45, 7) is 4.47. The molecule has 3 aromatic rings. The normalized spacial score (nSPS) is 16.6. The lowest BCUT2D eigenvalue weighted by atomic mass is 10.0. The Morgan fingerprint density at radius 2 is 2.00 bits per heavy atom. The maximum absolute atomic E-state index is 12.5. The van der Waals surface area contributed by atoms with Gasteiger partial charge in [0.25, 0.3) is 0 Å². The number of benzene rings is 1. The summed E-state index contributed by atoms with van der Waals surface area (Å²) in [4.78, 5) is 38.2. The van der Waals surface area contributed by atoms with Gasteiger partial charge in [-0.15, -0.1) is 0 Å². The highest BCUT2D eigenvalue weighted by Crippen LogP contribution is 2.24. The first-order valence-electron chi connectivity index (χ1n) is 9.41. The average Bonchev–Trinajstić information content (AvgIpc) is 3.31. The molecule has 1 atom stereocenters. The van der Waals surface area contributed by atoms with E-state index in [-0.39, 0.29) is 25.5 Å². The van der Waals surface area contributed by atoms with E-state index in [9.17, 15) is 14.4 Å². The number of carbonyl (C=O) groups is 2. The van der Waals surface area contributed by atoms with Gasteiger partial charge in [-0.1, -0.05) is 0 Å². The van der Waals surface area contributed by atoms with Crippen LogP contribution in [0.5, 0.6) is 0 Å². The van der Waals surface area contributed by atoms with Crippen molar-refractivity contribution in [3.05, 3.63) is 69.5 Å². The molecule has 1 fully saturated rings. The van der Waals surface area contributed by atoms with Crippen molar-refractivity contribution in [3.8, 4) is 0 Å². The minimum Gasteiger partial charge on any atom is -0.467 e. The summed E-state index contributed by atoms with van der Waals surface area (Å²) in [5.41, 5.74) is 2.62. The minimum atomic E-state index is -0.534. The molecule has 1 aromatic carbocycles. The van der Waals surface area contributed by atoms with Crippen molar-refractivity contribution >= 4 is 22.8 Å². The van der Waals surface area contributed by atoms with E-state index in [0.717, 1.165) is 16.5 Å². The molecule has 0 aliphatic carbocycles. The number of fused-ring (bicyclic) bond motifs is 1. The topological polar surface area (TPSA) is 90.0 Å². The van der Waals surface area contributed by atoms with E-state index in [0.29, 0.717) is 23.5 Å². The van der Waals surface area contributed by atoms with Gasteiger partial charge in [-0.25, -0.2) is 4.79 Å². The van der Waals surface area contributed by atoms with E-state index in [2.05, 4.69) is 0 Å². The molecule has 1 aliphatic rings. The van der Waals surface area contributed by atoms with E-state index < -0.39 is 17.5 Å². The number of amides is 1. The largest absolute Gasteiger partial charge is 0.467 e. The first kappa shape index (κ1) is 19.0. The van der Waals surface area contributed by atoms with Crippen LogP contribution in [0.25, 0.3) is 11.0 Å². The van der Waals surface area contributed by atoms with Crippen molar-refractivity contribution < 1.29 is 23.2 Å². The molecule has 2 aromatic heterocycles.